The molecule has 1 heterocycles. The van der Waals surface area contributed by atoms with E-state index in [4.69, 9.17) is 0 Å². The molecule has 1 aliphatic rings. The number of hydrogen-bond acceptors (Lipinski definition) is 2. The smallest absolute Gasteiger partial charge is 0.308 e. The summed E-state index contributed by atoms with van der Waals surface area (Å²) in [7, 11) is 0. The Hall–Kier alpha value is -1.36. The fourth-order valence-electron chi connectivity index (χ4n) is 2.74. The number of piperidine rings is 1. The number of carboxylic acid groups (broad SMARTS) is 1. The highest BCUT2D eigenvalue weighted by Crippen LogP contribution is 2.27. The minimum Gasteiger partial charge on any atom is -0.481 e. The molecular formula is C15H18BrNO3. The summed E-state index contributed by atoms with van der Waals surface area (Å²) >= 11 is 3.37. The summed E-state index contributed by atoms with van der Waals surface area (Å²) in [6.45, 7) is 4.34. The number of carbonyl (C=O) groups excluding carboxylic acids is 1. The number of aryl methyl sites for hydroxylation is 1. The normalized spacial score (nSPS) is 22.6. The molecule has 2 rings (SSSR count). The van der Waals surface area contributed by atoms with Crippen molar-refractivity contribution >= 4 is 27.8 Å². The van der Waals surface area contributed by atoms with Gasteiger partial charge >= 0.3 is 5.97 Å². The number of aliphatic carboxylic acids is 1. The zero-order valence-electron chi connectivity index (χ0n) is 11.6. The molecule has 5 heteroatoms. The highest BCUT2D eigenvalue weighted by atomic mass is 79.9. The molecule has 4 nitrogen and oxygen atoms in total. The molecule has 1 aliphatic heterocycles. The number of halogens is 1. The van der Waals surface area contributed by atoms with Gasteiger partial charge in [-0.2, -0.15) is 0 Å². The molecule has 0 bridgehead atoms. The van der Waals surface area contributed by atoms with Crippen LogP contribution in [0.15, 0.2) is 22.7 Å². The number of carbonyl (C=O) groups is 2. The first-order valence-corrected chi connectivity index (χ1v) is 7.51. The summed E-state index contributed by atoms with van der Waals surface area (Å²) < 4.78 is 0.853. The van der Waals surface area contributed by atoms with Crippen LogP contribution in [0.3, 0.4) is 0 Å². The number of benzene rings is 1. The van der Waals surface area contributed by atoms with E-state index < -0.39 is 11.9 Å². The standard InChI is InChI=1S/C15H18BrNO3/c1-9-5-6-11(16)8-13(9)14(18)17-7-3-4-12(10(17)2)15(19)20/h5-6,8,10,12H,3-4,7H2,1-2H3,(H,19,20)/t10-,12-/m1/s1. The zero-order valence-corrected chi connectivity index (χ0v) is 13.2. The monoisotopic (exact) mass is 339 g/mol. The van der Waals surface area contributed by atoms with Crippen LogP contribution in [-0.4, -0.2) is 34.5 Å². The number of amides is 1. The van der Waals surface area contributed by atoms with Gasteiger partial charge in [-0.15, -0.1) is 0 Å². The molecule has 0 radical (unpaired) electrons. The second-order valence-electron chi connectivity index (χ2n) is 5.29. The van der Waals surface area contributed by atoms with E-state index in [0.717, 1.165) is 16.5 Å². The van der Waals surface area contributed by atoms with Gasteiger partial charge in [-0.1, -0.05) is 22.0 Å². The lowest BCUT2D eigenvalue weighted by atomic mass is 9.89. The predicted molar refractivity (Wildman–Crippen MR) is 79.7 cm³/mol. The number of carboxylic acids is 1. The first-order valence-electron chi connectivity index (χ1n) is 6.71. The van der Waals surface area contributed by atoms with Crippen LogP contribution in [0.5, 0.6) is 0 Å². The maximum atomic E-state index is 12.7. The number of rotatable bonds is 2. The van der Waals surface area contributed by atoms with Crippen LogP contribution in [0.25, 0.3) is 0 Å². The third kappa shape index (κ3) is 2.87. The maximum Gasteiger partial charge on any atom is 0.308 e. The van der Waals surface area contributed by atoms with E-state index >= 15 is 0 Å². The minimum atomic E-state index is -0.819. The van der Waals surface area contributed by atoms with Gasteiger partial charge in [0.2, 0.25) is 0 Å². The molecule has 1 aromatic rings. The molecule has 1 fully saturated rings. The van der Waals surface area contributed by atoms with Crippen LogP contribution >= 0.6 is 15.9 Å². The van der Waals surface area contributed by atoms with E-state index in [1.165, 1.54) is 0 Å². The van der Waals surface area contributed by atoms with Gasteiger partial charge in [-0.05, 0) is 44.4 Å². The van der Waals surface area contributed by atoms with E-state index in [0.29, 0.717) is 18.5 Å². The lowest BCUT2D eigenvalue weighted by Gasteiger charge is -2.37. The van der Waals surface area contributed by atoms with Gasteiger partial charge in [-0.25, -0.2) is 0 Å². The topological polar surface area (TPSA) is 57.6 Å². The van der Waals surface area contributed by atoms with Crippen molar-refractivity contribution in [3.63, 3.8) is 0 Å². The van der Waals surface area contributed by atoms with Crippen LogP contribution in [0.4, 0.5) is 0 Å². The Kier molecular flexibility index (Phi) is 4.48. The Morgan fingerprint density at radius 1 is 1.40 bits per heavy atom. The molecule has 0 unspecified atom stereocenters. The molecule has 0 aliphatic carbocycles. The number of nitrogens with zero attached hydrogens (tertiary/aromatic N) is 1. The second kappa shape index (κ2) is 5.95. The molecule has 1 saturated heterocycles. The summed E-state index contributed by atoms with van der Waals surface area (Å²) in [6.07, 6.45) is 1.37. The third-order valence-electron chi connectivity index (χ3n) is 4.00. The molecular weight excluding hydrogens is 322 g/mol. The van der Waals surface area contributed by atoms with E-state index in [2.05, 4.69) is 15.9 Å². The van der Waals surface area contributed by atoms with Crippen LogP contribution < -0.4 is 0 Å². The van der Waals surface area contributed by atoms with Crippen molar-refractivity contribution in [2.45, 2.75) is 32.7 Å². The van der Waals surface area contributed by atoms with Gasteiger partial charge in [0.05, 0.1) is 5.92 Å². The van der Waals surface area contributed by atoms with Gasteiger partial charge in [0.1, 0.15) is 0 Å². The Bertz CT molecular complexity index is 544. The first-order chi connectivity index (χ1) is 9.41. The molecule has 1 N–H and O–H groups in total. The fraction of sp³-hybridized carbons (Fsp3) is 0.467. The molecule has 0 aromatic heterocycles. The van der Waals surface area contributed by atoms with Crippen molar-refractivity contribution in [2.75, 3.05) is 6.54 Å². The summed E-state index contributed by atoms with van der Waals surface area (Å²) in [5.41, 5.74) is 1.54. The average molecular weight is 340 g/mol. The fourth-order valence-corrected chi connectivity index (χ4v) is 3.10. The van der Waals surface area contributed by atoms with Crippen molar-refractivity contribution in [3.05, 3.63) is 33.8 Å². The Labute approximate surface area is 126 Å². The Morgan fingerprint density at radius 2 is 2.10 bits per heavy atom. The third-order valence-corrected chi connectivity index (χ3v) is 4.49. The molecule has 108 valence electrons. The van der Waals surface area contributed by atoms with Crippen LogP contribution in [-0.2, 0) is 4.79 Å². The van der Waals surface area contributed by atoms with Crippen LogP contribution in [0.2, 0.25) is 0 Å². The van der Waals surface area contributed by atoms with Crippen molar-refractivity contribution in [3.8, 4) is 0 Å². The first kappa shape index (κ1) is 15.0. The Balaban J connectivity index is 2.28. The van der Waals surface area contributed by atoms with E-state index in [1.807, 2.05) is 26.0 Å². The van der Waals surface area contributed by atoms with Gasteiger partial charge in [-0.3, -0.25) is 9.59 Å². The lowest BCUT2D eigenvalue weighted by molar-refractivity contribution is -0.144. The number of likely N-dealkylation sites (tertiary alicyclic amines) is 1. The van der Waals surface area contributed by atoms with Gasteiger partial charge in [0.15, 0.2) is 0 Å². The molecule has 20 heavy (non-hydrogen) atoms. The molecule has 2 atom stereocenters. The lowest BCUT2D eigenvalue weighted by Crippen LogP contribution is -2.49. The number of hydrogen-bond donors (Lipinski definition) is 1. The van der Waals surface area contributed by atoms with Crippen molar-refractivity contribution in [2.24, 2.45) is 5.92 Å². The van der Waals surface area contributed by atoms with Gasteiger partial charge < -0.3 is 10.0 Å². The summed E-state index contributed by atoms with van der Waals surface area (Å²) in [4.78, 5) is 25.6. The predicted octanol–water partition coefficient (Wildman–Crippen LogP) is 3.08. The van der Waals surface area contributed by atoms with Crippen LogP contribution in [0.1, 0.15) is 35.7 Å². The molecule has 1 aromatic carbocycles. The Morgan fingerprint density at radius 3 is 2.75 bits per heavy atom. The summed E-state index contributed by atoms with van der Waals surface area (Å²) in [5.74, 6) is -1.37. The van der Waals surface area contributed by atoms with E-state index in [1.54, 1.807) is 11.0 Å². The van der Waals surface area contributed by atoms with Crippen molar-refractivity contribution in [1.29, 1.82) is 0 Å². The maximum absolute atomic E-state index is 12.7. The highest BCUT2D eigenvalue weighted by Gasteiger charge is 2.35. The van der Waals surface area contributed by atoms with E-state index in [-0.39, 0.29) is 11.9 Å². The summed E-state index contributed by atoms with van der Waals surface area (Å²) in [6, 6.07) is 5.31. The molecule has 1 amide bonds. The second-order valence-corrected chi connectivity index (χ2v) is 6.20. The largest absolute Gasteiger partial charge is 0.481 e. The van der Waals surface area contributed by atoms with Crippen LogP contribution in [0, 0.1) is 12.8 Å². The van der Waals surface area contributed by atoms with Gasteiger partial charge in [0, 0.05) is 22.6 Å². The highest BCUT2D eigenvalue weighted by molar-refractivity contribution is 9.10. The average Bonchev–Trinajstić information content (AvgIpc) is 2.40. The van der Waals surface area contributed by atoms with Crippen molar-refractivity contribution < 1.29 is 14.7 Å². The molecule has 0 spiro atoms. The quantitative estimate of drug-likeness (QED) is 0.900. The minimum absolute atomic E-state index is 0.0812. The van der Waals surface area contributed by atoms with Crippen molar-refractivity contribution in [1.82, 2.24) is 4.90 Å². The van der Waals surface area contributed by atoms with E-state index in [9.17, 15) is 14.7 Å². The molecule has 0 saturated carbocycles. The van der Waals surface area contributed by atoms with Gasteiger partial charge in [0.25, 0.3) is 5.91 Å². The SMILES string of the molecule is Cc1ccc(Br)cc1C(=O)N1CCC[C@@H](C(=O)O)[C@H]1C. The summed E-state index contributed by atoms with van der Waals surface area (Å²) in [5, 5.41) is 9.23. The zero-order chi connectivity index (χ0) is 14.9.